The second kappa shape index (κ2) is 15.5. The Bertz CT molecular complexity index is 409. The lowest BCUT2D eigenvalue weighted by atomic mass is 9.97. The summed E-state index contributed by atoms with van der Waals surface area (Å²) in [5, 5.41) is 0. The van der Waals surface area contributed by atoms with E-state index in [1.54, 1.807) is 21.6 Å². The highest BCUT2D eigenvalue weighted by molar-refractivity contribution is 8.77. The Balaban J connectivity index is 1.49. The van der Waals surface area contributed by atoms with Crippen LogP contribution in [0.3, 0.4) is 0 Å². The molecule has 0 aliphatic heterocycles. The van der Waals surface area contributed by atoms with E-state index in [1.165, 1.54) is 89.9 Å². The van der Waals surface area contributed by atoms with E-state index in [-0.39, 0.29) is 0 Å². The van der Waals surface area contributed by atoms with E-state index in [2.05, 4.69) is 9.98 Å². The number of hydrogen-bond donors (Lipinski definition) is 2. The van der Waals surface area contributed by atoms with E-state index < -0.39 is 0 Å². The van der Waals surface area contributed by atoms with Crippen LogP contribution in [0.4, 0.5) is 0 Å². The molecule has 0 amide bonds. The van der Waals surface area contributed by atoms with Crippen molar-refractivity contribution in [1.29, 1.82) is 0 Å². The zero-order valence-electron chi connectivity index (χ0n) is 17.7. The maximum Gasteiger partial charge on any atom is 0.105 e. The molecule has 2 aliphatic carbocycles. The smallest absolute Gasteiger partial charge is 0.105 e. The van der Waals surface area contributed by atoms with E-state index in [1.807, 2.05) is 0 Å². The molecule has 162 valence electrons. The molecule has 0 radical (unpaired) electrons. The Kier molecular flexibility index (Phi) is 13.2. The number of aliphatic imine (C=N–C) groups is 2. The second-order valence-electron chi connectivity index (χ2n) is 8.56. The fourth-order valence-corrected chi connectivity index (χ4v) is 6.20. The number of nitrogens with two attached hydrogens (primary N) is 2. The van der Waals surface area contributed by atoms with Gasteiger partial charge in [0.15, 0.2) is 0 Å². The van der Waals surface area contributed by atoms with Gasteiger partial charge in [0.1, 0.15) is 11.7 Å². The molecule has 0 unspecified atom stereocenters. The molecule has 0 bridgehead atoms. The molecule has 0 aromatic rings. The number of hydrogen-bond acceptors (Lipinski definition) is 4. The van der Waals surface area contributed by atoms with E-state index in [9.17, 15) is 0 Å². The van der Waals surface area contributed by atoms with Gasteiger partial charge in [-0.05, 0) is 24.7 Å². The molecule has 2 aliphatic rings. The van der Waals surface area contributed by atoms with Crippen LogP contribution in [-0.4, -0.2) is 36.3 Å². The third-order valence-corrected chi connectivity index (χ3v) is 8.35. The van der Waals surface area contributed by atoms with Crippen molar-refractivity contribution in [3.05, 3.63) is 0 Å². The first-order valence-electron chi connectivity index (χ1n) is 11.6. The Morgan fingerprint density at radius 3 is 1.32 bits per heavy atom. The third-order valence-electron chi connectivity index (χ3n) is 6.15. The molecule has 0 atom stereocenters. The molecule has 28 heavy (non-hydrogen) atoms. The van der Waals surface area contributed by atoms with Crippen molar-refractivity contribution in [3.8, 4) is 0 Å². The van der Waals surface area contributed by atoms with Crippen molar-refractivity contribution < 1.29 is 0 Å². The van der Waals surface area contributed by atoms with Gasteiger partial charge in [-0.2, -0.15) is 0 Å². The Labute approximate surface area is 181 Å². The molecule has 4 nitrogen and oxygen atoms in total. The first kappa shape index (κ1) is 23.9. The van der Waals surface area contributed by atoms with Gasteiger partial charge >= 0.3 is 0 Å². The van der Waals surface area contributed by atoms with Crippen molar-refractivity contribution in [2.24, 2.45) is 33.3 Å². The third kappa shape index (κ3) is 11.6. The van der Waals surface area contributed by atoms with E-state index in [4.69, 9.17) is 11.5 Å². The summed E-state index contributed by atoms with van der Waals surface area (Å²) < 4.78 is 0. The van der Waals surface area contributed by atoms with Gasteiger partial charge in [0, 0.05) is 13.1 Å². The lowest BCUT2D eigenvalue weighted by Gasteiger charge is -2.12. The summed E-state index contributed by atoms with van der Waals surface area (Å²) >= 11 is 0. The highest BCUT2D eigenvalue weighted by Gasteiger charge is 2.12. The fraction of sp³-hybridized carbons (Fsp3) is 0.909. The summed E-state index contributed by atoms with van der Waals surface area (Å²) in [7, 11) is 3.49. The van der Waals surface area contributed by atoms with Crippen molar-refractivity contribution in [2.75, 3.05) is 24.6 Å². The van der Waals surface area contributed by atoms with Crippen LogP contribution in [0.15, 0.2) is 9.98 Å². The number of nitrogens with zero attached hydrogens (tertiary/aromatic N) is 2. The normalized spacial score (nSPS) is 21.4. The van der Waals surface area contributed by atoms with Gasteiger partial charge in [0.2, 0.25) is 0 Å². The highest BCUT2D eigenvalue weighted by atomic mass is 33.1. The molecule has 2 fully saturated rings. The average Bonchev–Trinajstić information content (AvgIpc) is 3.10. The lowest BCUT2D eigenvalue weighted by molar-refractivity contribution is 0.434. The van der Waals surface area contributed by atoms with E-state index in [0.29, 0.717) is 0 Å². The van der Waals surface area contributed by atoms with Crippen LogP contribution in [0, 0.1) is 11.8 Å². The maximum atomic E-state index is 6.07. The molecule has 0 aromatic carbocycles. The van der Waals surface area contributed by atoms with Gasteiger partial charge in [-0.1, -0.05) is 98.6 Å². The minimum absolute atomic E-state index is 0.773. The molecular formula is C22H42N4S2. The zero-order chi connectivity index (χ0) is 19.9. The zero-order valence-corrected chi connectivity index (χ0v) is 19.4. The molecule has 0 saturated heterocycles. The standard InChI is InChI=1S/C22H42N4S2/c23-21(25-15-13-19-9-5-1-2-6-10-19)17-27-28-18-22(24)26-16-14-20-11-7-3-4-8-12-20/h19-20H,1-18H2,(H2,23,25)(H2,24,26). The van der Waals surface area contributed by atoms with Gasteiger partial charge in [0.25, 0.3) is 0 Å². The molecule has 6 heteroatoms. The molecule has 0 spiro atoms. The Hall–Kier alpha value is -0.360. The SMILES string of the molecule is NC(CSSCC(N)=NCCC1CCCCCC1)=NCCC1CCCCCC1. The fourth-order valence-electron chi connectivity index (χ4n) is 4.38. The molecule has 4 N–H and O–H groups in total. The average molecular weight is 427 g/mol. The molecular weight excluding hydrogens is 384 g/mol. The van der Waals surface area contributed by atoms with Gasteiger partial charge in [-0.25, -0.2) is 0 Å². The monoisotopic (exact) mass is 426 g/mol. The summed E-state index contributed by atoms with van der Waals surface area (Å²) in [5.74, 6) is 4.85. The second-order valence-corrected chi connectivity index (χ2v) is 11.0. The Morgan fingerprint density at radius 2 is 0.964 bits per heavy atom. The van der Waals surface area contributed by atoms with Gasteiger partial charge in [0.05, 0.1) is 11.5 Å². The van der Waals surface area contributed by atoms with Crippen molar-refractivity contribution in [3.63, 3.8) is 0 Å². The molecule has 0 heterocycles. The summed E-state index contributed by atoms with van der Waals surface area (Å²) in [6.07, 6.45) is 19.3. The van der Waals surface area contributed by atoms with E-state index >= 15 is 0 Å². The van der Waals surface area contributed by atoms with Crippen LogP contribution >= 0.6 is 21.6 Å². The van der Waals surface area contributed by atoms with Crippen LogP contribution in [0.1, 0.15) is 89.9 Å². The lowest BCUT2D eigenvalue weighted by Crippen LogP contribution is -2.17. The predicted octanol–water partition coefficient (Wildman–Crippen LogP) is 5.80. The number of amidine groups is 2. The minimum atomic E-state index is 0.773. The van der Waals surface area contributed by atoms with Crippen molar-refractivity contribution >= 4 is 33.3 Å². The van der Waals surface area contributed by atoms with Crippen LogP contribution in [-0.2, 0) is 0 Å². The first-order chi connectivity index (χ1) is 13.7. The topological polar surface area (TPSA) is 76.8 Å². The summed E-state index contributed by atoms with van der Waals surface area (Å²) in [6.45, 7) is 1.79. The molecule has 2 rings (SSSR count). The number of rotatable bonds is 11. The maximum absolute atomic E-state index is 6.07. The van der Waals surface area contributed by atoms with Gasteiger partial charge in [-0.3, -0.25) is 9.98 Å². The molecule has 0 aromatic heterocycles. The summed E-state index contributed by atoms with van der Waals surface area (Å²) in [5.41, 5.74) is 12.1. The van der Waals surface area contributed by atoms with Crippen LogP contribution in [0.25, 0.3) is 0 Å². The predicted molar refractivity (Wildman–Crippen MR) is 130 cm³/mol. The minimum Gasteiger partial charge on any atom is -0.387 e. The van der Waals surface area contributed by atoms with Crippen LogP contribution in [0.5, 0.6) is 0 Å². The highest BCUT2D eigenvalue weighted by Crippen LogP contribution is 2.26. The van der Waals surface area contributed by atoms with Crippen molar-refractivity contribution in [1.82, 2.24) is 0 Å². The van der Waals surface area contributed by atoms with Crippen molar-refractivity contribution in [2.45, 2.75) is 89.9 Å². The molecule has 2 saturated carbocycles. The summed E-state index contributed by atoms with van der Waals surface area (Å²) in [6, 6.07) is 0. The Morgan fingerprint density at radius 1 is 0.607 bits per heavy atom. The van der Waals surface area contributed by atoms with Gasteiger partial charge in [-0.15, -0.1) is 0 Å². The van der Waals surface area contributed by atoms with Gasteiger partial charge < -0.3 is 11.5 Å². The summed E-state index contributed by atoms with van der Waals surface area (Å²) in [4.78, 5) is 9.15. The van der Waals surface area contributed by atoms with E-state index in [0.717, 1.165) is 48.1 Å². The van der Waals surface area contributed by atoms with Crippen LogP contribution < -0.4 is 11.5 Å². The first-order valence-corrected chi connectivity index (χ1v) is 14.0. The quantitative estimate of drug-likeness (QED) is 0.144. The van der Waals surface area contributed by atoms with Crippen LogP contribution in [0.2, 0.25) is 0 Å². The largest absolute Gasteiger partial charge is 0.387 e.